The van der Waals surface area contributed by atoms with Gasteiger partial charge >= 0.3 is 12.1 Å². The number of aliphatic carboxylic acids is 1. The van der Waals surface area contributed by atoms with Gasteiger partial charge < -0.3 is 24.2 Å². The molecule has 180 valence electrons. The first kappa shape index (κ1) is 24.6. The van der Waals surface area contributed by atoms with Gasteiger partial charge in [0.1, 0.15) is 12.1 Å². The van der Waals surface area contributed by atoms with Gasteiger partial charge in [-0.25, -0.2) is 14.8 Å². The molecule has 9 nitrogen and oxygen atoms in total. The van der Waals surface area contributed by atoms with Gasteiger partial charge in [-0.15, -0.1) is 0 Å². The van der Waals surface area contributed by atoms with Crippen molar-refractivity contribution in [2.45, 2.75) is 43.8 Å². The van der Waals surface area contributed by atoms with Crippen LogP contribution in [0.15, 0.2) is 36.8 Å². The maximum absolute atomic E-state index is 10.6. The number of ether oxygens (including phenoxy) is 3. The Kier molecular flexibility index (Phi) is 8.03. The van der Waals surface area contributed by atoms with Crippen molar-refractivity contribution in [1.29, 1.82) is 0 Å². The second-order valence-electron chi connectivity index (χ2n) is 7.70. The normalized spacial score (nSPS) is 22.5. The van der Waals surface area contributed by atoms with Gasteiger partial charge in [0.25, 0.3) is 0 Å². The van der Waals surface area contributed by atoms with E-state index in [1.807, 2.05) is 24.3 Å². The molecule has 4 heterocycles. The van der Waals surface area contributed by atoms with Crippen molar-refractivity contribution >= 4 is 11.8 Å². The topological polar surface area (TPSA) is 107 Å². The fraction of sp³-hybridized carbons (Fsp3) is 0.524. The number of halogens is 3. The van der Waals surface area contributed by atoms with Gasteiger partial charge in [-0.1, -0.05) is 6.07 Å². The Morgan fingerprint density at radius 3 is 2.79 bits per heavy atom. The third-order valence-corrected chi connectivity index (χ3v) is 5.31. The molecule has 0 aromatic carbocycles. The number of carboxylic acid groups (broad SMARTS) is 1. The summed E-state index contributed by atoms with van der Waals surface area (Å²) in [5, 5.41) is 7.12. The Labute approximate surface area is 188 Å². The molecule has 12 heteroatoms. The molecule has 2 atom stereocenters. The van der Waals surface area contributed by atoms with Crippen LogP contribution in [0.1, 0.15) is 25.0 Å². The number of carbonyl (C=O) groups is 1. The number of methoxy groups -OCH3 is 1. The Hall–Kier alpha value is -2.99. The highest BCUT2D eigenvalue weighted by Crippen LogP contribution is 2.37. The number of nitrogens with zero attached hydrogens (tertiary/aromatic N) is 4. The van der Waals surface area contributed by atoms with Crippen molar-refractivity contribution in [2.24, 2.45) is 0 Å². The van der Waals surface area contributed by atoms with Gasteiger partial charge in [0.15, 0.2) is 0 Å². The minimum Gasteiger partial charge on any atom is -0.481 e. The van der Waals surface area contributed by atoms with Crippen molar-refractivity contribution in [1.82, 2.24) is 15.0 Å². The smallest absolute Gasteiger partial charge is 0.481 e. The minimum absolute atomic E-state index is 0.108. The predicted octanol–water partition coefficient (Wildman–Crippen LogP) is 2.86. The SMILES string of the molecule is COc1cc(N2CCC[C@]3(C[C@H](OCc4ccccn4)CO3)C2)ncn1.O=C(O)C(F)(F)F. The Morgan fingerprint density at radius 1 is 1.33 bits per heavy atom. The highest BCUT2D eigenvalue weighted by molar-refractivity contribution is 5.73. The molecule has 0 unspecified atom stereocenters. The average molecular weight is 470 g/mol. The van der Waals surface area contributed by atoms with Crippen molar-refractivity contribution in [3.05, 3.63) is 42.5 Å². The number of hydrogen-bond acceptors (Lipinski definition) is 8. The summed E-state index contributed by atoms with van der Waals surface area (Å²) in [7, 11) is 1.62. The van der Waals surface area contributed by atoms with Gasteiger partial charge in [0.2, 0.25) is 5.88 Å². The van der Waals surface area contributed by atoms with E-state index in [1.165, 1.54) is 0 Å². The van der Waals surface area contributed by atoms with Crippen molar-refractivity contribution in [3.63, 3.8) is 0 Å². The molecule has 2 aromatic heterocycles. The van der Waals surface area contributed by atoms with E-state index >= 15 is 0 Å². The van der Waals surface area contributed by atoms with E-state index < -0.39 is 12.1 Å². The molecular formula is C21H25F3N4O5. The van der Waals surface area contributed by atoms with Crippen LogP contribution in [0, 0.1) is 0 Å². The van der Waals surface area contributed by atoms with Crippen LogP contribution in [0.3, 0.4) is 0 Å². The van der Waals surface area contributed by atoms with Crippen LogP contribution in [0.25, 0.3) is 0 Å². The zero-order valence-corrected chi connectivity index (χ0v) is 18.0. The summed E-state index contributed by atoms with van der Waals surface area (Å²) >= 11 is 0. The summed E-state index contributed by atoms with van der Waals surface area (Å²) < 4.78 is 49.2. The first-order valence-corrected chi connectivity index (χ1v) is 10.3. The maximum Gasteiger partial charge on any atom is 0.490 e. The highest BCUT2D eigenvalue weighted by Gasteiger charge is 2.44. The molecule has 0 aliphatic carbocycles. The van der Waals surface area contributed by atoms with Crippen LogP contribution in [0.4, 0.5) is 19.0 Å². The number of carboxylic acids is 1. The van der Waals surface area contributed by atoms with Crippen molar-refractivity contribution in [2.75, 3.05) is 31.7 Å². The van der Waals surface area contributed by atoms with Crippen LogP contribution >= 0.6 is 0 Å². The number of alkyl halides is 3. The molecule has 2 aromatic rings. The quantitative estimate of drug-likeness (QED) is 0.706. The molecule has 0 bridgehead atoms. The van der Waals surface area contributed by atoms with Gasteiger partial charge in [-0.05, 0) is 25.0 Å². The Morgan fingerprint density at radius 2 is 2.12 bits per heavy atom. The molecule has 2 aliphatic heterocycles. The predicted molar refractivity (Wildman–Crippen MR) is 110 cm³/mol. The molecule has 2 saturated heterocycles. The summed E-state index contributed by atoms with van der Waals surface area (Å²) in [6.45, 7) is 2.94. The van der Waals surface area contributed by atoms with Crippen molar-refractivity contribution in [3.8, 4) is 5.88 Å². The minimum atomic E-state index is -5.08. The highest BCUT2D eigenvalue weighted by atomic mass is 19.4. The Bertz CT molecular complexity index is 918. The summed E-state index contributed by atoms with van der Waals surface area (Å²) in [6, 6.07) is 7.75. The maximum atomic E-state index is 10.6. The third-order valence-electron chi connectivity index (χ3n) is 5.31. The molecule has 0 amide bonds. The van der Waals surface area contributed by atoms with Gasteiger partial charge in [-0.2, -0.15) is 13.2 Å². The summed E-state index contributed by atoms with van der Waals surface area (Å²) in [6.07, 6.45) is 1.38. The monoisotopic (exact) mass is 470 g/mol. The number of piperidine rings is 1. The molecule has 2 aliphatic rings. The molecule has 33 heavy (non-hydrogen) atoms. The van der Waals surface area contributed by atoms with Crippen LogP contribution in [-0.2, 0) is 20.9 Å². The Balaban J connectivity index is 0.000000383. The number of hydrogen-bond donors (Lipinski definition) is 1. The van der Waals surface area contributed by atoms with Gasteiger partial charge in [-0.3, -0.25) is 4.98 Å². The lowest BCUT2D eigenvalue weighted by molar-refractivity contribution is -0.192. The van der Waals surface area contributed by atoms with Crippen LogP contribution < -0.4 is 9.64 Å². The van der Waals surface area contributed by atoms with Crippen LogP contribution in [0.2, 0.25) is 0 Å². The van der Waals surface area contributed by atoms with E-state index in [-0.39, 0.29) is 11.7 Å². The molecule has 2 fully saturated rings. The molecular weight excluding hydrogens is 445 g/mol. The summed E-state index contributed by atoms with van der Waals surface area (Å²) in [5.41, 5.74) is 0.789. The summed E-state index contributed by atoms with van der Waals surface area (Å²) in [4.78, 5) is 24.0. The number of rotatable bonds is 5. The number of anilines is 1. The fourth-order valence-corrected chi connectivity index (χ4v) is 3.79. The van der Waals surface area contributed by atoms with Crippen LogP contribution in [-0.4, -0.2) is 70.7 Å². The first-order chi connectivity index (χ1) is 15.7. The molecule has 4 rings (SSSR count). The largest absolute Gasteiger partial charge is 0.490 e. The number of aromatic nitrogens is 3. The third kappa shape index (κ3) is 6.99. The van der Waals surface area contributed by atoms with E-state index in [1.54, 1.807) is 19.6 Å². The molecule has 0 saturated carbocycles. The first-order valence-electron chi connectivity index (χ1n) is 10.3. The second kappa shape index (κ2) is 10.8. The molecule has 1 spiro atoms. The standard InChI is InChI=1S/C19H24N4O3.C2HF3O2/c1-24-18-9-17(21-14-22-18)23-8-4-6-19(13-23)10-16(12-26-19)25-11-15-5-2-3-7-20-15;3-2(4,5)1(6)7/h2-3,5,7,9,14,16H,4,6,8,10-13H2,1H3;(H,6,7)/t16-,19-;/m0./s1. The zero-order valence-electron chi connectivity index (χ0n) is 18.0. The zero-order chi connectivity index (χ0) is 23.9. The lowest BCUT2D eigenvalue weighted by Gasteiger charge is -2.40. The van der Waals surface area contributed by atoms with Gasteiger partial charge in [0.05, 0.1) is 37.7 Å². The van der Waals surface area contributed by atoms with E-state index in [0.29, 0.717) is 19.1 Å². The van der Waals surface area contributed by atoms with Crippen molar-refractivity contribution < 1.29 is 37.3 Å². The second-order valence-corrected chi connectivity index (χ2v) is 7.70. The van der Waals surface area contributed by atoms with Crippen LogP contribution in [0.5, 0.6) is 5.88 Å². The van der Waals surface area contributed by atoms with E-state index in [0.717, 1.165) is 43.9 Å². The van der Waals surface area contributed by atoms with E-state index in [9.17, 15) is 13.2 Å². The lowest BCUT2D eigenvalue weighted by atomic mass is 9.89. The molecule has 0 radical (unpaired) electrons. The van der Waals surface area contributed by atoms with Gasteiger partial charge in [0, 0.05) is 31.8 Å². The van der Waals surface area contributed by atoms with E-state index in [2.05, 4.69) is 19.9 Å². The molecule has 1 N–H and O–H groups in total. The fourth-order valence-electron chi connectivity index (χ4n) is 3.79. The average Bonchev–Trinajstić information content (AvgIpc) is 3.20. The van der Waals surface area contributed by atoms with E-state index in [4.69, 9.17) is 24.1 Å². The summed E-state index contributed by atoms with van der Waals surface area (Å²) in [5.74, 6) is -1.29. The lowest BCUT2D eigenvalue weighted by Crippen LogP contribution is -2.48. The number of pyridine rings is 1.